The van der Waals surface area contributed by atoms with Crippen molar-refractivity contribution in [3.05, 3.63) is 108 Å². The van der Waals surface area contributed by atoms with Crippen molar-refractivity contribution in [2.24, 2.45) is 0 Å². The topological polar surface area (TPSA) is 276 Å². The number of carbonyl (C=O) groups is 8. The lowest BCUT2D eigenvalue weighted by molar-refractivity contribution is -0.148. The summed E-state index contributed by atoms with van der Waals surface area (Å²) in [4.78, 5) is 101. The normalized spacial score (nSPS) is 18.6. The summed E-state index contributed by atoms with van der Waals surface area (Å²) >= 11 is 0. The third-order valence-electron chi connectivity index (χ3n) is 10.9. The third-order valence-corrected chi connectivity index (χ3v) is 10.9. The molecule has 2 saturated heterocycles. The summed E-state index contributed by atoms with van der Waals surface area (Å²) in [7, 11) is 0. The van der Waals surface area contributed by atoms with Gasteiger partial charge in [0.15, 0.2) is 24.2 Å². The van der Waals surface area contributed by atoms with Gasteiger partial charge in [-0.3, -0.25) is 38.4 Å². The van der Waals surface area contributed by atoms with E-state index in [1.165, 1.54) is 43.4 Å². The van der Waals surface area contributed by atoms with Crippen molar-refractivity contribution in [3.63, 3.8) is 0 Å². The van der Waals surface area contributed by atoms with Gasteiger partial charge < -0.3 is 59.6 Å². The van der Waals surface area contributed by atoms with Gasteiger partial charge >= 0.3 is 11.9 Å². The summed E-state index contributed by atoms with van der Waals surface area (Å²) in [6.45, 7) is 4.43. The van der Waals surface area contributed by atoms with Crippen LogP contribution in [0.25, 0.3) is 0 Å². The minimum absolute atomic E-state index is 0.0220. The van der Waals surface area contributed by atoms with Crippen molar-refractivity contribution < 1.29 is 71.0 Å². The summed E-state index contributed by atoms with van der Waals surface area (Å²) in [6, 6.07) is 12.3. The molecule has 2 aliphatic heterocycles. The summed E-state index contributed by atoms with van der Waals surface area (Å²) in [5.41, 5.74) is 0.714. The average Bonchev–Trinajstić information content (AvgIpc) is 4.08. The minimum Gasteiger partial charge on any atom is -0.493 e. The number of carboxylic acids is 2. The molecule has 4 atom stereocenters. The molecule has 0 saturated carbocycles. The fraction of sp³-hybridized carbons (Fsp3) is 0.440. The number of nitrogens with one attached hydrogen (secondary N) is 4. The molecule has 6 N–H and O–H groups in total. The molecule has 2 fully saturated rings. The van der Waals surface area contributed by atoms with Gasteiger partial charge in [-0.25, -0.2) is 0 Å². The lowest BCUT2D eigenvalue weighted by Gasteiger charge is -2.34. The highest BCUT2D eigenvalue weighted by atomic mass is 16.5. The number of para-hydroxylation sites is 2. The van der Waals surface area contributed by atoms with Crippen LogP contribution in [0.2, 0.25) is 0 Å². The van der Waals surface area contributed by atoms with Gasteiger partial charge in [-0.2, -0.15) is 0 Å². The highest BCUT2D eigenvalue weighted by molar-refractivity contribution is 6.11. The third kappa shape index (κ3) is 15.2. The molecule has 6 amide bonds. The van der Waals surface area contributed by atoms with E-state index in [2.05, 4.69) is 21.3 Å². The molecule has 376 valence electrons. The SMILES string of the molecule is [2H]C(C)(C)N(Cc1ccccc1OCCCCCC(=O)O)C(=O)C1NC(=O)C(c2ccco2)NC1=O.[2H]C([2H])(c1ccccc1OCCCCCC(=O)O)N(C(=O)C1NC(=O)C(c2ccco2)NC1=O)C(C)C. The summed E-state index contributed by atoms with van der Waals surface area (Å²) < 4.78 is 48.3. The van der Waals surface area contributed by atoms with E-state index in [1.54, 1.807) is 74.5 Å². The Bertz CT molecular complexity index is 2550. The second kappa shape index (κ2) is 26.2. The number of hydrogen-bond acceptors (Lipinski definition) is 12. The van der Waals surface area contributed by atoms with Crippen molar-refractivity contribution in [1.82, 2.24) is 31.1 Å². The van der Waals surface area contributed by atoms with E-state index in [-0.39, 0.29) is 48.8 Å². The van der Waals surface area contributed by atoms with Gasteiger partial charge in [0.25, 0.3) is 35.4 Å². The number of unbranched alkanes of at least 4 members (excludes halogenated alkanes) is 4. The van der Waals surface area contributed by atoms with Gasteiger partial charge in [0.1, 0.15) is 23.0 Å². The lowest BCUT2D eigenvalue weighted by Crippen LogP contribution is -2.63. The van der Waals surface area contributed by atoms with Crippen LogP contribution in [0.4, 0.5) is 0 Å². The Morgan fingerprint density at radius 2 is 1.04 bits per heavy atom. The number of rotatable bonds is 24. The first-order chi connectivity index (χ1) is 34.6. The standard InChI is InChI=1S/2C25H31N3O7/c2*1-16(2)28(15-17-9-5-6-10-18(17)34-13-7-3-4-12-20(29)30)25(33)22-24(32)26-21(23(31)27-22)19-11-8-14-35-19/h2*5-6,8-11,14,16,21-22H,3-4,7,12-13,15H2,1-2H3,(H,26,32)(H,27,31)(H,29,30)/i16D;15D2. The molecule has 0 radical (unpaired) electrons. The average molecular weight is 974 g/mol. The molecule has 4 heterocycles. The van der Waals surface area contributed by atoms with Crippen LogP contribution in [0.5, 0.6) is 11.5 Å². The van der Waals surface area contributed by atoms with E-state index in [0.29, 0.717) is 56.4 Å². The molecule has 2 aromatic carbocycles. The van der Waals surface area contributed by atoms with Crippen LogP contribution in [0.1, 0.15) is 118 Å². The molecule has 6 rings (SSSR count). The summed E-state index contributed by atoms with van der Waals surface area (Å²) in [5, 5.41) is 27.3. The summed E-state index contributed by atoms with van der Waals surface area (Å²) in [6.07, 6.45) is 6.56. The maximum absolute atomic E-state index is 13.5. The highest BCUT2D eigenvalue weighted by Crippen LogP contribution is 2.26. The van der Waals surface area contributed by atoms with Gasteiger partial charge in [-0.1, -0.05) is 36.4 Å². The van der Waals surface area contributed by atoms with Crippen molar-refractivity contribution in [2.75, 3.05) is 13.2 Å². The Labute approximate surface area is 409 Å². The van der Waals surface area contributed by atoms with Crippen LogP contribution in [0.15, 0.2) is 94.2 Å². The van der Waals surface area contributed by atoms with Crippen LogP contribution < -0.4 is 30.7 Å². The fourth-order valence-electron chi connectivity index (χ4n) is 7.25. The molecule has 0 bridgehead atoms. The van der Waals surface area contributed by atoms with E-state index in [9.17, 15) is 38.4 Å². The van der Waals surface area contributed by atoms with E-state index in [4.69, 9.17) is 32.6 Å². The van der Waals surface area contributed by atoms with Crippen molar-refractivity contribution in [2.45, 2.75) is 128 Å². The van der Waals surface area contributed by atoms with Gasteiger partial charge in [0, 0.05) is 49.1 Å². The molecule has 0 spiro atoms. The first-order valence-corrected chi connectivity index (χ1v) is 22.9. The molecular weight excluding hydrogens is 909 g/mol. The monoisotopic (exact) mass is 973 g/mol. The Hall–Kier alpha value is -7.64. The van der Waals surface area contributed by atoms with Crippen LogP contribution in [0.3, 0.4) is 0 Å². The number of carboxylic acid groups (broad SMARTS) is 2. The number of hydrogen-bond donors (Lipinski definition) is 6. The lowest BCUT2D eigenvalue weighted by atomic mass is 10.1. The second-order valence-corrected chi connectivity index (χ2v) is 16.8. The first kappa shape index (κ1) is 48.8. The predicted octanol–water partition coefficient (Wildman–Crippen LogP) is 4.79. The second-order valence-electron chi connectivity index (χ2n) is 16.8. The Morgan fingerprint density at radius 1 is 0.600 bits per heavy atom. The number of amides is 6. The molecule has 2 aliphatic rings. The number of nitrogens with zero attached hydrogens (tertiary/aromatic N) is 2. The molecule has 4 aromatic rings. The van der Waals surface area contributed by atoms with E-state index < -0.39 is 90.1 Å². The zero-order valence-corrected chi connectivity index (χ0v) is 39.4. The van der Waals surface area contributed by atoms with Crippen LogP contribution in [-0.4, -0.2) is 105 Å². The molecule has 2 aromatic heterocycles. The van der Waals surface area contributed by atoms with Crippen molar-refractivity contribution in [3.8, 4) is 11.5 Å². The van der Waals surface area contributed by atoms with Crippen LogP contribution >= 0.6 is 0 Å². The minimum atomic E-state index is -2.39. The number of aliphatic carboxylic acids is 2. The molecule has 20 heteroatoms. The van der Waals surface area contributed by atoms with E-state index in [1.807, 2.05) is 0 Å². The maximum atomic E-state index is 13.5. The quantitative estimate of drug-likeness (QED) is 0.0407. The van der Waals surface area contributed by atoms with Gasteiger partial charge in [-0.15, -0.1) is 0 Å². The van der Waals surface area contributed by atoms with Crippen molar-refractivity contribution in [1.29, 1.82) is 0 Å². The molecule has 0 aliphatic carbocycles. The smallest absolute Gasteiger partial charge is 0.303 e. The number of ether oxygens (including phenoxy) is 2. The van der Waals surface area contributed by atoms with Crippen LogP contribution in [-0.2, 0) is 51.4 Å². The molecule has 4 unspecified atom stereocenters. The summed E-state index contributed by atoms with van der Waals surface area (Å²) in [5.74, 6) is -4.83. The maximum Gasteiger partial charge on any atom is 0.303 e. The Kier molecular flexibility index (Phi) is 18.3. The number of carbonyl (C=O) groups excluding carboxylic acids is 6. The Morgan fingerprint density at radius 3 is 1.47 bits per heavy atom. The Balaban J connectivity index is 0.000000271. The van der Waals surface area contributed by atoms with E-state index in [0.717, 1.165) is 4.90 Å². The van der Waals surface area contributed by atoms with Crippen molar-refractivity contribution >= 4 is 47.4 Å². The molecular formula is C50H62N6O14. The molecule has 70 heavy (non-hydrogen) atoms. The van der Waals surface area contributed by atoms with E-state index >= 15 is 0 Å². The number of piperazine rings is 2. The first-order valence-electron chi connectivity index (χ1n) is 24.4. The zero-order chi connectivity index (χ0) is 53.5. The largest absolute Gasteiger partial charge is 0.493 e. The van der Waals surface area contributed by atoms with Gasteiger partial charge in [0.2, 0.25) is 0 Å². The highest BCUT2D eigenvalue weighted by Gasteiger charge is 2.43. The van der Waals surface area contributed by atoms with Gasteiger partial charge in [0.05, 0.1) is 29.9 Å². The fourth-order valence-corrected chi connectivity index (χ4v) is 7.25. The van der Waals surface area contributed by atoms with Gasteiger partial charge in [-0.05, 0) is 103 Å². The number of furan rings is 2. The zero-order valence-electron chi connectivity index (χ0n) is 42.4. The number of benzene rings is 2. The predicted molar refractivity (Wildman–Crippen MR) is 250 cm³/mol. The molecule has 20 nitrogen and oxygen atoms in total. The van der Waals surface area contributed by atoms with Crippen LogP contribution in [0, 0.1) is 0 Å².